The molecular weight excluding hydrogens is 236 g/mol. The zero-order valence-corrected chi connectivity index (χ0v) is 10.8. The summed E-state index contributed by atoms with van der Waals surface area (Å²) in [7, 11) is -2.40. The molecule has 2 rings (SSSR count). The summed E-state index contributed by atoms with van der Waals surface area (Å²) in [4.78, 5) is 0.243. The molecule has 0 spiro atoms. The van der Waals surface area contributed by atoms with Crippen LogP contribution < -0.4 is 0 Å². The van der Waals surface area contributed by atoms with E-state index in [-0.39, 0.29) is 4.90 Å². The molecule has 0 heterocycles. The van der Waals surface area contributed by atoms with Crippen LogP contribution in [0.2, 0.25) is 0 Å². The maximum atomic E-state index is 11.6. The molecule has 0 saturated carbocycles. The molecule has 0 aromatic heterocycles. The minimum absolute atomic E-state index is 0.243. The van der Waals surface area contributed by atoms with Crippen LogP contribution in [0.5, 0.6) is 0 Å². The first kappa shape index (κ1) is 12.3. The first-order chi connectivity index (χ1) is 8.04. The van der Waals surface area contributed by atoms with Crippen molar-refractivity contribution in [2.45, 2.75) is 30.6 Å². The van der Waals surface area contributed by atoms with Crippen LogP contribution in [0.4, 0.5) is 0 Å². The van der Waals surface area contributed by atoms with Gasteiger partial charge in [0.1, 0.15) is 0 Å². The van der Waals surface area contributed by atoms with Gasteiger partial charge < -0.3 is 0 Å². The second-order valence-electron chi connectivity index (χ2n) is 4.28. The number of allylic oxidation sites excluding steroid dienone is 2. The summed E-state index contributed by atoms with van der Waals surface area (Å²) < 4.78 is 27.8. The van der Waals surface area contributed by atoms with Crippen LogP contribution in [0.1, 0.15) is 29.9 Å². The molecule has 0 radical (unpaired) electrons. The zero-order valence-electron chi connectivity index (χ0n) is 10.0. The van der Waals surface area contributed by atoms with E-state index >= 15 is 0 Å². The predicted octanol–water partition coefficient (Wildman–Crippen LogP) is 2.76. The average Bonchev–Trinajstić information content (AvgIpc) is 2.83. The van der Waals surface area contributed by atoms with E-state index in [1.807, 2.05) is 13.0 Å². The largest absolute Gasteiger partial charge is 0.296 e. The van der Waals surface area contributed by atoms with Crippen molar-refractivity contribution in [3.63, 3.8) is 0 Å². The van der Waals surface area contributed by atoms with E-state index in [1.165, 1.54) is 7.11 Å². The van der Waals surface area contributed by atoms with Crippen molar-refractivity contribution in [1.29, 1.82) is 0 Å². The highest BCUT2D eigenvalue weighted by atomic mass is 32.2. The Bertz CT molecular complexity index is 536. The molecule has 0 atom stereocenters. The van der Waals surface area contributed by atoms with Crippen molar-refractivity contribution >= 4 is 10.1 Å². The van der Waals surface area contributed by atoms with Crippen molar-refractivity contribution in [3.05, 3.63) is 41.5 Å². The second-order valence-corrected chi connectivity index (χ2v) is 5.99. The van der Waals surface area contributed by atoms with Crippen molar-refractivity contribution in [2.75, 3.05) is 7.11 Å². The molecule has 1 aliphatic carbocycles. The Morgan fingerprint density at radius 2 is 1.88 bits per heavy atom. The molecule has 0 saturated heterocycles. The van der Waals surface area contributed by atoms with Gasteiger partial charge in [0.05, 0.1) is 12.0 Å². The van der Waals surface area contributed by atoms with Crippen LogP contribution in [-0.4, -0.2) is 15.5 Å². The van der Waals surface area contributed by atoms with Gasteiger partial charge in [-0.15, -0.1) is 0 Å². The molecule has 1 aromatic rings. The van der Waals surface area contributed by atoms with E-state index in [2.05, 4.69) is 16.3 Å². The van der Waals surface area contributed by atoms with Crippen molar-refractivity contribution in [3.8, 4) is 0 Å². The van der Waals surface area contributed by atoms with Crippen LogP contribution in [-0.2, 0) is 14.3 Å². The molecule has 4 heteroatoms. The van der Waals surface area contributed by atoms with Gasteiger partial charge in [0, 0.05) is 0 Å². The lowest BCUT2D eigenvalue weighted by atomic mass is 9.93. The Morgan fingerprint density at radius 3 is 2.47 bits per heavy atom. The maximum Gasteiger partial charge on any atom is 0.296 e. The first-order valence-corrected chi connectivity index (χ1v) is 7.01. The average molecular weight is 252 g/mol. The molecule has 0 N–H and O–H groups in total. The fraction of sp³-hybridized carbons (Fsp3) is 0.385. The quantitative estimate of drug-likeness (QED) is 0.613. The van der Waals surface area contributed by atoms with Gasteiger partial charge in [0.15, 0.2) is 0 Å². The number of benzene rings is 1. The summed E-state index contributed by atoms with van der Waals surface area (Å²) in [6, 6.07) is 5.19. The minimum atomic E-state index is -3.59. The normalized spacial score (nSPS) is 16.6. The van der Waals surface area contributed by atoms with Crippen LogP contribution in [0.3, 0.4) is 0 Å². The van der Waals surface area contributed by atoms with Gasteiger partial charge in [0.2, 0.25) is 0 Å². The van der Waals surface area contributed by atoms with E-state index in [0.717, 1.165) is 24.0 Å². The van der Waals surface area contributed by atoms with Gasteiger partial charge in [-0.3, -0.25) is 4.18 Å². The minimum Gasteiger partial charge on any atom is -0.270 e. The van der Waals surface area contributed by atoms with Crippen LogP contribution >= 0.6 is 0 Å². The molecular formula is C13H16O3S. The Hall–Kier alpha value is -1.13. The monoisotopic (exact) mass is 252 g/mol. The first-order valence-electron chi connectivity index (χ1n) is 5.61. The summed E-state index contributed by atoms with van der Waals surface area (Å²) in [5.74, 6) is 0.405. The fourth-order valence-corrected chi connectivity index (χ4v) is 2.88. The summed E-state index contributed by atoms with van der Waals surface area (Å²) in [6.07, 6.45) is 6.25. The topological polar surface area (TPSA) is 43.4 Å². The molecule has 1 aromatic carbocycles. The zero-order chi connectivity index (χ0) is 12.5. The van der Waals surface area contributed by atoms with Crippen LogP contribution in [0.15, 0.2) is 35.2 Å². The lowest BCUT2D eigenvalue weighted by molar-refractivity contribution is 0.397. The second kappa shape index (κ2) is 4.63. The van der Waals surface area contributed by atoms with E-state index in [4.69, 9.17) is 0 Å². The maximum absolute atomic E-state index is 11.6. The molecule has 0 bridgehead atoms. The molecule has 0 fully saturated rings. The Balaban J connectivity index is 2.43. The van der Waals surface area contributed by atoms with E-state index in [1.54, 1.807) is 12.1 Å². The third-order valence-corrected chi connectivity index (χ3v) is 4.48. The number of aryl methyl sites for hydroxylation is 1. The van der Waals surface area contributed by atoms with Gasteiger partial charge in [-0.05, 0) is 48.9 Å². The third kappa shape index (κ3) is 2.42. The standard InChI is InChI=1S/C13H16O3S/c1-10-7-8-12(17(14,15)16-2)9-13(10)11-5-3-4-6-11/h3-4,7-9,11H,5-6H2,1-2H3. The third-order valence-electron chi connectivity index (χ3n) is 3.21. The van der Waals surface area contributed by atoms with Crippen LogP contribution in [0, 0.1) is 6.92 Å². The molecule has 3 nitrogen and oxygen atoms in total. The smallest absolute Gasteiger partial charge is 0.270 e. The molecule has 0 aliphatic heterocycles. The van der Waals surface area contributed by atoms with Gasteiger partial charge in [-0.1, -0.05) is 18.2 Å². The van der Waals surface area contributed by atoms with Crippen molar-refractivity contribution in [2.24, 2.45) is 0 Å². The molecule has 0 unspecified atom stereocenters. The van der Waals surface area contributed by atoms with Crippen LogP contribution in [0.25, 0.3) is 0 Å². The summed E-state index contributed by atoms with van der Waals surface area (Å²) in [5, 5.41) is 0. The highest BCUT2D eigenvalue weighted by molar-refractivity contribution is 7.86. The molecule has 1 aliphatic rings. The van der Waals surface area contributed by atoms with Gasteiger partial charge >= 0.3 is 0 Å². The Morgan fingerprint density at radius 1 is 1.24 bits per heavy atom. The Kier molecular flexibility index (Phi) is 3.35. The highest BCUT2D eigenvalue weighted by Crippen LogP contribution is 2.32. The van der Waals surface area contributed by atoms with E-state index < -0.39 is 10.1 Å². The highest BCUT2D eigenvalue weighted by Gasteiger charge is 2.19. The lowest BCUT2D eigenvalue weighted by Gasteiger charge is -2.14. The summed E-state index contributed by atoms with van der Waals surface area (Å²) in [6.45, 7) is 2.01. The predicted molar refractivity (Wildman–Crippen MR) is 66.5 cm³/mol. The lowest BCUT2D eigenvalue weighted by Crippen LogP contribution is -2.05. The molecule has 17 heavy (non-hydrogen) atoms. The number of hydrogen-bond donors (Lipinski definition) is 0. The fourth-order valence-electron chi connectivity index (χ4n) is 2.18. The van der Waals surface area contributed by atoms with E-state index in [9.17, 15) is 8.42 Å². The molecule has 92 valence electrons. The summed E-state index contributed by atoms with van der Waals surface area (Å²) in [5.41, 5.74) is 2.24. The number of rotatable bonds is 3. The Labute approximate surface area is 102 Å². The molecule has 0 amide bonds. The van der Waals surface area contributed by atoms with E-state index in [0.29, 0.717) is 5.92 Å². The van der Waals surface area contributed by atoms with Gasteiger partial charge in [-0.2, -0.15) is 8.42 Å². The van der Waals surface area contributed by atoms with Crippen molar-refractivity contribution < 1.29 is 12.6 Å². The number of hydrogen-bond acceptors (Lipinski definition) is 3. The van der Waals surface area contributed by atoms with Crippen molar-refractivity contribution in [1.82, 2.24) is 0 Å². The SMILES string of the molecule is COS(=O)(=O)c1ccc(C)c(C2CC=CC2)c1. The van der Waals surface area contributed by atoms with Gasteiger partial charge in [0.25, 0.3) is 10.1 Å². The van der Waals surface area contributed by atoms with Gasteiger partial charge in [-0.25, -0.2) is 0 Å². The summed E-state index contributed by atoms with van der Waals surface area (Å²) >= 11 is 0.